The van der Waals surface area contributed by atoms with Crippen LogP contribution in [0.3, 0.4) is 0 Å². The van der Waals surface area contributed by atoms with E-state index in [9.17, 15) is 4.39 Å². The first-order valence-corrected chi connectivity index (χ1v) is 6.51. The molecule has 0 spiro atoms. The van der Waals surface area contributed by atoms with Crippen molar-refractivity contribution in [2.75, 3.05) is 7.05 Å². The lowest BCUT2D eigenvalue weighted by Crippen LogP contribution is -2.18. The van der Waals surface area contributed by atoms with E-state index in [1.54, 1.807) is 0 Å². The van der Waals surface area contributed by atoms with Gasteiger partial charge in [-0.2, -0.15) is 5.26 Å². The van der Waals surface area contributed by atoms with Crippen LogP contribution in [0.2, 0.25) is 0 Å². The van der Waals surface area contributed by atoms with E-state index in [1.165, 1.54) is 29.3 Å². The highest BCUT2D eigenvalue weighted by Crippen LogP contribution is 2.14. The van der Waals surface area contributed by atoms with Crippen molar-refractivity contribution in [3.05, 3.63) is 70.5 Å². The summed E-state index contributed by atoms with van der Waals surface area (Å²) in [7, 11) is 1.97. The molecule has 20 heavy (non-hydrogen) atoms. The number of hydrogen-bond acceptors (Lipinski definition) is 2. The van der Waals surface area contributed by atoms with Crippen molar-refractivity contribution in [2.24, 2.45) is 0 Å². The Morgan fingerprint density at radius 3 is 2.65 bits per heavy atom. The van der Waals surface area contributed by atoms with E-state index in [0.717, 1.165) is 12.1 Å². The van der Waals surface area contributed by atoms with Crippen LogP contribution >= 0.6 is 0 Å². The summed E-state index contributed by atoms with van der Waals surface area (Å²) < 4.78 is 13.3. The number of nitriles is 1. The van der Waals surface area contributed by atoms with Crippen LogP contribution in [0.4, 0.5) is 4.39 Å². The van der Waals surface area contributed by atoms with Gasteiger partial charge in [-0.25, -0.2) is 4.39 Å². The van der Waals surface area contributed by atoms with Crippen LogP contribution in [0.25, 0.3) is 0 Å². The Labute approximate surface area is 119 Å². The summed E-state index contributed by atoms with van der Waals surface area (Å²) in [5.41, 5.74) is 3.69. The standard InChI is InChI=1S/C17H17FN2/c1-13-4-3-5-14(8-13)11-20(2)12-16-9-17(18)7-6-15(16)10-19/h3-9H,11-12H2,1-2H3. The molecular weight excluding hydrogens is 251 g/mol. The Balaban J connectivity index is 2.10. The second-order valence-corrected chi connectivity index (χ2v) is 5.07. The minimum Gasteiger partial charge on any atom is -0.298 e. The maximum absolute atomic E-state index is 13.3. The van der Waals surface area contributed by atoms with Gasteiger partial charge in [-0.1, -0.05) is 29.8 Å². The van der Waals surface area contributed by atoms with Gasteiger partial charge in [0.05, 0.1) is 11.6 Å². The predicted molar refractivity (Wildman–Crippen MR) is 77.5 cm³/mol. The summed E-state index contributed by atoms with van der Waals surface area (Å²) in [6.45, 7) is 3.38. The van der Waals surface area contributed by atoms with Gasteiger partial charge >= 0.3 is 0 Å². The average Bonchev–Trinajstić information content (AvgIpc) is 2.38. The van der Waals surface area contributed by atoms with Gasteiger partial charge in [0.25, 0.3) is 0 Å². The lowest BCUT2D eigenvalue weighted by Gasteiger charge is -2.18. The molecule has 0 radical (unpaired) electrons. The Bertz CT molecular complexity index is 644. The first-order valence-electron chi connectivity index (χ1n) is 6.51. The molecule has 0 bridgehead atoms. The predicted octanol–water partition coefficient (Wildman–Crippen LogP) is 3.64. The molecule has 0 aliphatic carbocycles. The SMILES string of the molecule is Cc1cccc(CN(C)Cc2cc(F)ccc2C#N)c1. The van der Waals surface area contributed by atoms with Crippen LogP contribution in [0.1, 0.15) is 22.3 Å². The highest BCUT2D eigenvalue weighted by atomic mass is 19.1. The quantitative estimate of drug-likeness (QED) is 0.846. The Kier molecular flexibility index (Phi) is 4.49. The van der Waals surface area contributed by atoms with E-state index in [2.05, 4.69) is 36.1 Å². The summed E-state index contributed by atoms with van der Waals surface area (Å²) in [6, 6.07) is 14.7. The van der Waals surface area contributed by atoms with E-state index < -0.39 is 0 Å². The van der Waals surface area contributed by atoms with Gasteiger partial charge in [0, 0.05) is 13.1 Å². The summed E-state index contributed by atoms with van der Waals surface area (Å²) in [5.74, 6) is -0.303. The molecule has 102 valence electrons. The van der Waals surface area contributed by atoms with Crippen LogP contribution in [0.5, 0.6) is 0 Å². The lowest BCUT2D eigenvalue weighted by molar-refractivity contribution is 0.318. The Hall–Kier alpha value is -2.18. The molecule has 2 nitrogen and oxygen atoms in total. The van der Waals surface area contributed by atoms with Crippen molar-refractivity contribution in [3.8, 4) is 6.07 Å². The molecular formula is C17H17FN2. The highest BCUT2D eigenvalue weighted by molar-refractivity contribution is 5.37. The summed E-state index contributed by atoms with van der Waals surface area (Å²) in [5, 5.41) is 9.06. The molecule has 3 heteroatoms. The van der Waals surface area contributed by atoms with Crippen molar-refractivity contribution < 1.29 is 4.39 Å². The van der Waals surface area contributed by atoms with Crippen LogP contribution in [-0.4, -0.2) is 11.9 Å². The number of benzene rings is 2. The van der Waals surface area contributed by atoms with Crippen molar-refractivity contribution in [1.29, 1.82) is 5.26 Å². The molecule has 0 aromatic heterocycles. The average molecular weight is 268 g/mol. The summed E-state index contributed by atoms with van der Waals surface area (Å²) in [6.07, 6.45) is 0. The normalized spacial score (nSPS) is 10.6. The van der Waals surface area contributed by atoms with Crippen molar-refractivity contribution in [1.82, 2.24) is 4.90 Å². The third-order valence-corrected chi connectivity index (χ3v) is 3.16. The number of hydrogen-bond donors (Lipinski definition) is 0. The fraction of sp³-hybridized carbons (Fsp3) is 0.235. The van der Waals surface area contributed by atoms with Gasteiger partial charge in [0.15, 0.2) is 0 Å². The molecule has 0 saturated heterocycles. The number of aryl methyl sites for hydroxylation is 1. The zero-order valence-corrected chi connectivity index (χ0v) is 11.7. The second kappa shape index (κ2) is 6.31. The maximum Gasteiger partial charge on any atom is 0.123 e. The van der Waals surface area contributed by atoms with Gasteiger partial charge in [-0.15, -0.1) is 0 Å². The molecule has 2 aromatic carbocycles. The molecule has 2 rings (SSSR count). The summed E-state index contributed by atoms with van der Waals surface area (Å²) >= 11 is 0. The molecule has 0 heterocycles. The van der Waals surface area contributed by atoms with E-state index in [4.69, 9.17) is 5.26 Å². The zero-order chi connectivity index (χ0) is 14.5. The molecule has 0 N–H and O–H groups in total. The molecule has 0 saturated carbocycles. The number of nitrogens with zero attached hydrogens (tertiary/aromatic N) is 2. The minimum absolute atomic E-state index is 0.303. The van der Waals surface area contributed by atoms with E-state index in [-0.39, 0.29) is 5.82 Å². The first-order chi connectivity index (χ1) is 9.58. The molecule has 0 aliphatic heterocycles. The van der Waals surface area contributed by atoms with Crippen molar-refractivity contribution in [3.63, 3.8) is 0 Å². The van der Waals surface area contributed by atoms with Crippen LogP contribution < -0.4 is 0 Å². The van der Waals surface area contributed by atoms with Crippen molar-refractivity contribution in [2.45, 2.75) is 20.0 Å². The van der Waals surface area contributed by atoms with Gasteiger partial charge in [0.1, 0.15) is 5.82 Å². The maximum atomic E-state index is 13.3. The Morgan fingerprint density at radius 1 is 1.15 bits per heavy atom. The number of halogens is 1. The molecule has 2 aromatic rings. The second-order valence-electron chi connectivity index (χ2n) is 5.07. The molecule has 0 unspecified atom stereocenters. The van der Waals surface area contributed by atoms with Gasteiger partial charge in [-0.3, -0.25) is 4.90 Å². The Morgan fingerprint density at radius 2 is 1.95 bits per heavy atom. The van der Waals surface area contributed by atoms with E-state index >= 15 is 0 Å². The molecule has 0 fully saturated rings. The van der Waals surface area contributed by atoms with Gasteiger partial charge < -0.3 is 0 Å². The van der Waals surface area contributed by atoms with Crippen LogP contribution in [-0.2, 0) is 13.1 Å². The summed E-state index contributed by atoms with van der Waals surface area (Å²) in [4.78, 5) is 2.07. The first kappa shape index (κ1) is 14.2. The third kappa shape index (κ3) is 3.66. The lowest BCUT2D eigenvalue weighted by atomic mass is 10.1. The van der Waals surface area contributed by atoms with Crippen LogP contribution in [0.15, 0.2) is 42.5 Å². The topological polar surface area (TPSA) is 27.0 Å². The number of rotatable bonds is 4. The van der Waals surface area contributed by atoms with E-state index in [1.807, 2.05) is 13.1 Å². The van der Waals surface area contributed by atoms with E-state index in [0.29, 0.717) is 12.1 Å². The molecule has 0 aliphatic rings. The monoisotopic (exact) mass is 268 g/mol. The molecule has 0 atom stereocenters. The fourth-order valence-corrected chi connectivity index (χ4v) is 2.27. The van der Waals surface area contributed by atoms with Crippen molar-refractivity contribution >= 4 is 0 Å². The largest absolute Gasteiger partial charge is 0.298 e. The van der Waals surface area contributed by atoms with Gasteiger partial charge in [0.2, 0.25) is 0 Å². The minimum atomic E-state index is -0.303. The highest BCUT2D eigenvalue weighted by Gasteiger charge is 2.07. The molecule has 0 amide bonds. The van der Waals surface area contributed by atoms with Gasteiger partial charge in [-0.05, 0) is 43.3 Å². The zero-order valence-electron chi connectivity index (χ0n) is 11.7. The smallest absolute Gasteiger partial charge is 0.123 e. The third-order valence-electron chi connectivity index (χ3n) is 3.16. The fourth-order valence-electron chi connectivity index (χ4n) is 2.27. The van der Waals surface area contributed by atoms with Crippen LogP contribution in [0, 0.1) is 24.1 Å².